The third kappa shape index (κ3) is 3.36. The molecule has 1 aliphatic carbocycles. The molecule has 2 heteroatoms. The van der Waals surface area contributed by atoms with Crippen LogP contribution in [0.4, 0.5) is 0 Å². The summed E-state index contributed by atoms with van der Waals surface area (Å²) in [7, 11) is 0. The van der Waals surface area contributed by atoms with Crippen LogP contribution in [0.25, 0.3) is 0 Å². The van der Waals surface area contributed by atoms with Crippen LogP contribution in [0.3, 0.4) is 0 Å². The fourth-order valence-corrected chi connectivity index (χ4v) is 1.54. The average molecular weight is 193 g/mol. The molecule has 0 aromatic carbocycles. The third-order valence-electron chi connectivity index (χ3n) is 2.15. The van der Waals surface area contributed by atoms with Gasteiger partial charge < -0.3 is 5.32 Å². The SMILES string of the molecule is C=C1C=CCC(C(=O)NC(C)(C)C)C1. The van der Waals surface area contributed by atoms with Crippen molar-refractivity contribution in [1.82, 2.24) is 5.32 Å². The van der Waals surface area contributed by atoms with Gasteiger partial charge in [0.1, 0.15) is 0 Å². The molecule has 0 saturated carbocycles. The maximum Gasteiger partial charge on any atom is 0.224 e. The number of amides is 1. The van der Waals surface area contributed by atoms with Crippen molar-refractivity contribution in [3.05, 3.63) is 24.3 Å². The summed E-state index contributed by atoms with van der Waals surface area (Å²) in [4.78, 5) is 11.8. The van der Waals surface area contributed by atoms with E-state index in [-0.39, 0.29) is 17.4 Å². The molecule has 0 aromatic heterocycles. The van der Waals surface area contributed by atoms with Crippen LogP contribution in [0.5, 0.6) is 0 Å². The van der Waals surface area contributed by atoms with Gasteiger partial charge in [-0.15, -0.1) is 0 Å². The van der Waals surface area contributed by atoms with Crippen LogP contribution in [0, 0.1) is 5.92 Å². The number of hydrogen-bond donors (Lipinski definition) is 1. The van der Waals surface area contributed by atoms with E-state index in [1.807, 2.05) is 32.9 Å². The summed E-state index contributed by atoms with van der Waals surface area (Å²) < 4.78 is 0. The topological polar surface area (TPSA) is 29.1 Å². The van der Waals surface area contributed by atoms with E-state index in [9.17, 15) is 4.79 Å². The van der Waals surface area contributed by atoms with Gasteiger partial charge in [-0.1, -0.05) is 24.3 Å². The molecule has 0 aromatic rings. The molecule has 0 radical (unpaired) electrons. The molecule has 2 nitrogen and oxygen atoms in total. The first-order chi connectivity index (χ1) is 6.38. The second-order valence-electron chi connectivity index (χ2n) is 4.94. The zero-order chi connectivity index (χ0) is 10.8. The largest absolute Gasteiger partial charge is 0.351 e. The summed E-state index contributed by atoms with van der Waals surface area (Å²) >= 11 is 0. The lowest BCUT2D eigenvalue weighted by Gasteiger charge is -2.25. The predicted octanol–water partition coefficient (Wildman–Crippen LogP) is 2.42. The van der Waals surface area contributed by atoms with Gasteiger partial charge in [-0.3, -0.25) is 4.79 Å². The molecule has 1 rings (SSSR count). The van der Waals surface area contributed by atoms with Gasteiger partial charge in [-0.2, -0.15) is 0 Å². The zero-order valence-corrected chi connectivity index (χ0v) is 9.26. The first kappa shape index (κ1) is 11.0. The van der Waals surface area contributed by atoms with Crippen LogP contribution in [0.2, 0.25) is 0 Å². The van der Waals surface area contributed by atoms with Crippen molar-refractivity contribution in [3.63, 3.8) is 0 Å². The van der Waals surface area contributed by atoms with Crippen molar-refractivity contribution >= 4 is 5.91 Å². The number of carbonyl (C=O) groups is 1. The van der Waals surface area contributed by atoms with Crippen molar-refractivity contribution < 1.29 is 4.79 Å². The quantitative estimate of drug-likeness (QED) is 0.681. The minimum atomic E-state index is -0.139. The third-order valence-corrected chi connectivity index (χ3v) is 2.15. The molecule has 0 spiro atoms. The maximum atomic E-state index is 11.8. The number of nitrogens with one attached hydrogen (secondary N) is 1. The number of rotatable bonds is 1. The van der Waals surface area contributed by atoms with Gasteiger partial charge in [0, 0.05) is 11.5 Å². The maximum absolute atomic E-state index is 11.8. The van der Waals surface area contributed by atoms with E-state index in [1.54, 1.807) is 0 Å². The van der Waals surface area contributed by atoms with Gasteiger partial charge in [0.2, 0.25) is 5.91 Å². The molecule has 1 N–H and O–H groups in total. The van der Waals surface area contributed by atoms with Gasteiger partial charge in [0.15, 0.2) is 0 Å². The Kier molecular flexibility index (Phi) is 3.14. The van der Waals surface area contributed by atoms with Crippen LogP contribution in [0.1, 0.15) is 33.6 Å². The molecule has 0 fully saturated rings. The summed E-state index contributed by atoms with van der Waals surface area (Å²) in [5.74, 6) is 0.217. The second kappa shape index (κ2) is 3.99. The van der Waals surface area contributed by atoms with Crippen LogP contribution in [0.15, 0.2) is 24.3 Å². The van der Waals surface area contributed by atoms with E-state index in [0.29, 0.717) is 0 Å². The minimum Gasteiger partial charge on any atom is -0.351 e. The fourth-order valence-electron chi connectivity index (χ4n) is 1.54. The molecule has 1 amide bonds. The second-order valence-corrected chi connectivity index (χ2v) is 4.94. The lowest BCUT2D eigenvalue weighted by atomic mass is 9.90. The van der Waals surface area contributed by atoms with E-state index in [0.717, 1.165) is 18.4 Å². The predicted molar refractivity (Wildman–Crippen MR) is 58.9 cm³/mol. The fraction of sp³-hybridized carbons (Fsp3) is 0.583. The van der Waals surface area contributed by atoms with Crippen molar-refractivity contribution in [2.24, 2.45) is 5.92 Å². The summed E-state index contributed by atoms with van der Waals surface area (Å²) in [5.41, 5.74) is 0.907. The van der Waals surface area contributed by atoms with Gasteiger partial charge >= 0.3 is 0 Å². The number of hydrogen-bond acceptors (Lipinski definition) is 1. The Hall–Kier alpha value is -1.05. The van der Waals surface area contributed by atoms with Gasteiger partial charge in [-0.05, 0) is 33.6 Å². The van der Waals surface area contributed by atoms with Crippen LogP contribution in [-0.2, 0) is 4.79 Å². The summed E-state index contributed by atoms with van der Waals surface area (Å²) in [6.07, 6.45) is 5.65. The van der Waals surface area contributed by atoms with Crippen molar-refractivity contribution in [2.45, 2.75) is 39.2 Å². The highest BCUT2D eigenvalue weighted by Gasteiger charge is 2.23. The average Bonchev–Trinajstić information content (AvgIpc) is 2.01. The van der Waals surface area contributed by atoms with Crippen molar-refractivity contribution in [2.75, 3.05) is 0 Å². The van der Waals surface area contributed by atoms with E-state index < -0.39 is 0 Å². The molecule has 1 aliphatic rings. The first-order valence-corrected chi connectivity index (χ1v) is 5.05. The van der Waals surface area contributed by atoms with E-state index >= 15 is 0 Å². The van der Waals surface area contributed by atoms with Crippen LogP contribution >= 0.6 is 0 Å². The van der Waals surface area contributed by atoms with Crippen molar-refractivity contribution in [3.8, 4) is 0 Å². The molecule has 0 saturated heterocycles. The van der Waals surface area contributed by atoms with Crippen molar-refractivity contribution in [1.29, 1.82) is 0 Å². The Morgan fingerprint density at radius 1 is 1.57 bits per heavy atom. The Balaban J connectivity index is 2.54. The Bertz CT molecular complexity index is 271. The summed E-state index contributed by atoms with van der Waals surface area (Å²) in [6.45, 7) is 9.87. The Morgan fingerprint density at radius 2 is 2.21 bits per heavy atom. The summed E-state index contributed by atoms with van der Waals surface area (Å²) in [5, 5.41) is 3.00. The standard InChI is InChI=1S/C12H19NO/c1-9-6-5-7-10(8-9)11(14)13-12(2,3)4/h5-6,10H,1,7-8H2,2-4H3,(H,13,14). The number of carbonyl (C=O) groups excluding carboxylic acids is 1. The highest BCUT2D eigenvalue weighted by molar-refractivity contribution is 5.80. The molecule has 14 heavy (non-hydrogen) atoms. The zero-order valence-electron chi connectivity index (χ0n) is 9.26. The van der Waals surface area contributed by atoms with Gasteiger partial charge in [-0.25, -0.2) is 0 Å². The monoisotopic (exact) mass is 193 g/mol. The lowest BCUT2D eigenvalue weighted by molar-refractivity contribution is -0.126. The minimum absolute atomic E-state index is 0.0757. The van der Waals surface area contributed by atoms with E-state index in [4.69, 9.17) is 0 Å². The highest BCUT2D eigenvalue weighted by atomic mass is 16.2. The highest BCUT2D eigenvalue weighted by Crippen LogP contribution is 2.22. The Labute approximate surface area is 86.1 Å². The summed E-state index contributed by atoms with van der Waals surface area (Å²) in [6, 6.07) is 0. The molecular weight excluding hydrogens is 174 g/mol. The molecule has 1 unspecified atom stereocenters. The van der Waals surface area contributed by atoms with E-state index in [1.165, 1.54) is 0 Å². The van der Waals surface area contributed by atoms with Crippen LogP contribution < -0.4 is 5.32 Å². The van der Waals surface area contributed by atoms with Gasteiger partial charge in [0.25, 0.3) is 0 Å². The number of allylic oxidation sites excluding steroid dienone is 3. The normalized spacial score (nSPS) is 22.2. The van der Waals surface area contributed by atoms with Gasteiger partial charge in [0.05, 0.1) is 0 Å². The smallest absolute Gasteiger partial charge is 0.224 e. The molecule has 0 bridgehead atoms. The van der Waals surface area contributed by atoms with E-state index in [2.05, 4.69) is 11.9 Å². The molecule has 78 valence electrons. The molecule has 0 heterocycles. The molecule has 1 atom stereocenters. The first-order valence-electron chi connectivity index (χ1n) is 5.05. The lowest BCUT2D eigenvalue weighted by Crippen LogP contribution is -2.44. The van der Waals surface area contributed by atoms with Crippen LogP contribution in [-0.4, -0.2) is 11.4 Å². The molecular formula is C12H19NO. The Morgan fingerprint density at radius 3 is 2.71 bits per heavy atom. The molecule has 0 aliphatic heterocycles.